The quantitative estimate of drug-likeness (QED) is 0.461. The number of piperazine rings is 1. The minimum Gasteiger partial charge on any atom is -0.369 e. The van der Waals surface area contributed by atoms with Crippen LogP contribution in [0.2, 0.25) is 0 Å². The Hall–Kier alpha value is -1.14. The molecule has 1 aliphatic heterocycles. The van der Waals surface area contributed by atoms with E-state index in [9.17, 15) is 10.1 Å². The second kappa shape index (κ2) is 7.22. The Labute approximate surface area is 134 Å². The third-order valence-electron chi connectivity index (χ3n) is 4.29. The van der Waals surface area contributed by atoms with Crippen molar-refractivity contribution in [3.05, 3.63) is 33.9 Å². The molecule has 0 aliphatic carbocycles. The first-order chi connectivity index (χ1) is 10.1. The van der Waals surface area contributed by atoms with Gasteiger partial charge in [-0.2, -0.15) is 0 Å². The molecule has 0 bridgehead atoms. The van der Waals surface area contributed by atoms with Crippen molar-refractivity contribution in [2.45, 2.75) is 31.6 Å². The second-order valence-electron chi connectivity index (χ2n) is 5.48. The number of hydrogen-bond acceptors (Lipinski definition) is 4. The van der Waals surface area contributed by atoms with Crippen LogP contribution in [0.15, 0.2) is 18.2 Å². The predicted octanol–water partition coefficient (Wildman–Crippen LogP) is 3.41. The molecule has 0 radical (unpaired) electrons. The first-order valence-corrected chi connectivity index (χ1v) is 8.51. The Morgan fingerprint density at radius 3 is 2.52 bits per heavy atom. The topological polar surface area (TPSA) is 49.6 Å². The number of rotatable bonds is 5. The van der Waals surface area contributed by atoms with Gasteiger partial charge in [0.05, 0.1) is 4.92 Å². The lowest BCUT2D eigenvalue weighted by molar-refractivity contribution is -0.384. The highest BCUT2D eigenvalue weighted by Gasteiger charge is 2.22. The van der Waals surface area contributed by atoms with E-state index in [1.807, 2.05) is 6.07 Å². The third-order valence-corrected chi connectivity index (χ3v) is 4.89. The minimum atomic E-state index is -0.337. The molecule has 6 heteroatoms. The Bertz CT molecular complexity index is 502. The molecule has 1 aliphatic rings. The Balaban J connectivity index is 2.11. The van der Waals surface area contributed by atoms with Crippen molar-refractivity contribution in [1.29, 1.82) is 0 Å². The molecule has 21 heavy (non-hydrogen) atoms. The minimum absolute atomic E-state index is 0.159. The van der Waals surface area contributed by atoms with Gasteiger partial charge in [0.25, 0.3) is 5.69 Å². The monoisotopic (exact) mass is 355 g/mol. The zero-order valence-corrected chi connectivity index (χ0v) is 14.2. The van der Waals surface area contributed by atoms with E-state index < -0.39 is 0 Å². The summed E-state index contributed by atoms with van der Waals surface area (Å²) in [6.45, 7) is 8.54. The van der Waals surface area contributed by atoms with Gasteiger partial charge in [0, 0.05) is 55.4 Å². The molecular weight excluding hydrogens is 334 g/mol. The molecule has 5 nitrogen and oxygen atoms in total. The number of benzene rings is 1. The SMILES string of the molecule is CCC(C)N1CCN(c2ccc([N+](=O)[O-])cc2CBr)CC1. The van der Waals surface area contributed by atoms with Gasteiger partial charge in [0.1, 0.15) is 0 Å². The van der Waals surface area contributed by atoms with E-state index in [2.05, 4.69) is 39.6 Å². The number of nitrogens with zero attached hydrogens (tertiary/aromatic N) is 3. The molecule has 1 fully saturated rings. The van der Waals surface area contributed by atoms with Crippen LogP contribution >= 0.6 is 15.9 Å². The molecule has 1 aromatic carbocycles. The molecule has 1 unspecified atom stereocenters. The zero-order chi connectivity index (χ0) is 15.4. The van der Waals surface area contributed by atoms with E-state index in [1.54, 1.807) is 12.1 Å². The summed E-state index contributed by atoms with van der Waals surface area (Å²) >= 11 is 3.44. The fourth-order valence-corrected chi connectivity index (χ4v) is 3.21. The highest BCUT2D eigenvalue weighted by atomic mass is 79.9. The summed E-state index contributed by atoms with van der Waals surface area (Å²) < 4.78 is 0. The summed E-state index contributed by atoms with van der Waals surface area (Å²) in [7, 11) is 0. The lowest BCUT2D eigenvalue weighted by Gasteiger charge is -2.39. The van der Waals surface area contributed by atoms with Crippen LogP contribution in [-0.2, 0) is 5.33 Å². The summed E-state index contributed by atoms with van der Waals surface area (Å²) in [5.74, 6) is 0. The number of halogens is 1. The lowest BCUT2D eigenvalue weighted by Crippen LogP contribution is -2.49. The number of hydrogen-bond donors (Lipinski definition) is 0. The van der Waals surface area contributed by atoms with Crippen LogP contribution in [0.5, 0.6) is 0 Å². The van der Waals surface area contributed by atoms with Crippen LogP contribution < -0.4 is 4.90 Å². The van der Waals surface area contributed by atoms with E-state index in [1.165, 1.54) is 6.42 Å². The second-order valence-corrected chi connectivity index (χ2v) is 6.04. The van der Waals surface area contributed by atoms with Crippen molar-refractivity contribution in [2.75, 3.05) is 31.1 Å². The van der Waals surface area contributed by atoms with Crippen LogP contribution in [-0.4, -0.2) is 42.0 Å². The summed E-state index contributed by atoms with van der Waals surface area (Å²) in [5, 5.41) is 11.5. The molecule has 0 aromatic heterocycles. The number of anilines is 1. The number of non-ortho nitro benzene ring substituents is 1. The Morgan fingerprint density at radius 1 is 1.33 bits per heavy atom. The van der Waals surface area contributed by atoms with Crippen LogP contribution in [0.3, 0.4) is 0 Å². The number of nitro groups is 1. The van der Waals surface area contributed by atoms with Crippen molar-refractivity contribution in [3.63, 3.8) is 0 Å². The Morgan fingerprint density at radius 2 is 2.00 bits per heavy atom. The maximum atomic E-state index is 10.9. The highest BCUT2D eigenvalue weighted by molar-refractivity contribution is 9.08. The third kappa shape index (κ3) is 3.74. The van der Waals surface area contributed by atoms with Gasteiger partial charge in [-0.1, -0.05) is 22.9 Å². The first kappa shape index (κ1) is 16.2. The molecule has 0 saturated carbocycles. The molecule has 0 spiro atoms. The summed E-state index contributed by atoms with van der Waals surface area (Å²) in [6.07, 6.45) is 1.17. The standard InChI is InChI=1S/C15H22BrN3O2/c1-3-12(2)17-6-8-18(9-7-17)15-5-4-14(19(20)21)10-13(15)11-16/h4-5,10,12H,3,6-9,11H2,1-2H3. The van der Waals surface area contributed by atoms with Crippen molar-refractivity contribution in [3.8, 4) is 0 Å². The molecule has 116 valence electrons. The maximum absolute atomic E-state index is 10.9. The number of alkyl halides is 1. The molecule has 0 amide bonds. The predicted molar refractivity (Wildman–Crippen MR) is 89.3 cm³/mol. The smallest absolute Gasteiger partial charge is 0.269 e. The first-order valence-electron chi connectivity index (χ1n) is 7.39. The van der Waals surface area contributed by atoms with Gasteiger partial charge in [-0.3, -0.25) is 15.0 Å². The lowest BCUT2D eigenvalue weighted by atomic mass is 10.1. The van der Waals surface area contributed by atoms with E-state index >= 15 is 0 Å². The Kier molecular flexibility index (Phi) is 5.58. The molecular formula is C15H22BrN3O2. The van der Waals surface area contributed by atoms with Gasteiger partial charge in [-0.15, -0.1) is 0 Å². The van der Waals surface area contributed by atoms with Crippen molar-refractivity contribution < 1.29 is 4.92 Å². The summed E-state index contributed by atoms with van der Waals surface area (Å²) in [4.78, 5) is 15.4. The molecule has 0 N–H and O–H groups in total. The van der Waals surface area contributed by atoms with E-state index in [4.69, 9.17) is 0 Å². The summed E-state index contributed by atoms with van der Waals surface area (Å²) in [6, 6.07) is 5.78. The van der Waals surface area contributed by atoms with Gasteiger partial charge >= 0.3 is 0 Å². The molecule has 2 rings (SSSR count). The van der Waals surface area contributed by atoms with E-state index in [-0.39, 0.29) is 10.6 Å². The maximum Gasteiger partial charge on any atom is 0.269 e. The van der Waals surface area contributed by atoms with Crippen molar-refractivity contribution in [2.24, 2.45) is 0 Å². The van der Waals surface area contributed by atoms with Crippen LogP contribution in [0.1, 0.15) is 25.8 Å². The van der Waals surface area contributed by atoms with E-state index in [0.29, 0.717) is 11.4 Å². The van der Waals surface area contributed by atoms with E-state index in [0.717, 1.165) is 37.4 Å². The average molecular weight is 356 g/mol. The molecule has 1 atom stereocenters. The van der Waals surface area contributed by atoms with Crippen LogP contribution in [0, 0.1) is 10.1 Å². The molecule has 1 saturated heterocycles. The number of nitro benzene ring substituents is 1. The average Bonchev–Trinajstić information content (AvgIpc) is 2.53. The van der Waals surface area contributed by atoms with Gasteiger partial charge < -0.3 is 4.90 Å². The van der Waals surface area contributed by atoms with Crippen molar-refractivity contribution >= 4 is 27.3 Å². The van der Waals surface area contributed by atoms with Gasteiger partial charge in [-0.05, 0) is 25.0 Å². The zero-order valence-electron chi connectivity index (χ0n) is 12.6. The van der Waals surface area contributed by atoms with Gasteiger partial charge in [0.15, 0.2) is 0 Å². The van der Waals surface area contributed by atoms with Crippen LogP contribution in [0.25, 0.3) is 0 Å². The van der Waals surface area contributed by atoms with Crippen molar-refractivity contribution in [1.82, 2.24) is 4.90 Å². The largest absolute Gasteiger partial charge is 0.369 e. The van der Waals surface area contributed by atoms with Crippen LogP contribution in [0.4, 0.5) is 11.4 Å². The van der Waals surface area contributed by atoms with Gasteiger partial charge in [-0.25, -0.2) is 0 Å². The highest BCUT2D eigenvalue weighted by Crippen LogP contribution is 2.28. The van der Waals surface area contributed by atoms with Gasteiger partial charge in [0.2, 0.25) is 0 Å². The fraction of sp³-hybridized carbons (Fsp3) is 0.600. The fourth-order valence-electron chi connectivity index (χ4n) is 2.76. The summed E-state index contributed by atoms with van der Waals surface area (Å²) in [5.41, 5.74) is 2.26. The molecule has 1 heterocycles. The normalized spacial score (nSPS) is 17.8. The molecule has 1 aromatic rings.